The van der Waals surface area contributed by atoms with Crippen LogP contribution in [0.1, 0.15) is 19.4 Å². The topological polar surface area (TPSA) is 86.6 Å². The van der Waals surface area contributed by atoms with Crippen molar-refractivity contribution in [1.29, 1.82) is 0 Å². The summed E-state index contributed by atoms with van der Waals surface area (Å²) in [5, 5.41) is 20.9. The van der Waals surface area contributed by atoms with Gasteiger partial charge in [0.25, 0.3) is 0 Å². The second-order valence-corrected chi connectivity index (χ2v) is 5.50. The van der Waals surface area contributed by atoms with Crippen molar-refractivity contribution < 1.29 is 19.8 Å². The summed E-state index contributed by atoms with van der Waals surface area (Å²) < 4.78 is 0. The molecule has 0 bridgehead atoms. The van der Waals surface area contributed by atoms with Gasteiger partial charge in [-0.25, -0.2) is 0 Å². The van der Waals surface area contributed by atoms with E-state index < -0.39 is 23.2 Å². The monoisotopic (exact) mass is 263 g/mol. The molecule has 2 atom stereocenters. The van der Waals surface area contributed by atoms with Crippen LogP contribution in [-0.2, 0) is 16.1 Å². The van der Waals surface area contributed by atoms with Gasteiger partial charge in [-0.2, -0.15) is 0 Å². The smallest absolute Gasteiger partial charge is 0.307 e. The lowest BCUT2D eigenvalue weighted by Crippen LogP contribution is -2.26. The molecule has 1 aliphatic rings. The van der Waals surface area contributed by atoms with E-state index in [1.807, 2.05) is 0 Å². The molecule has 1 amide bonds. The highest BCUT2D eigenvalue weighted by Crippen LogP contribution is 2.58. The van der Waals surface area contributed by atoms with Crippen LogP contribution < -0.4 is 5.32 Å². The average Bonchev–Trinajstić information content (AvgIpc) is 2.91. The first-order valence-electron chi connectivity index (χ1n) is 6.12. The molecule has 0 saturated heterocycles. The largest absolute Gasteiger partial charge is 0.508 e. The Morgan fingerprint density at radius 1 is 1.21 bits per heavy atom. The van der Waals surface area contributed by atoms with Crippen molar-refractivity contribution in [2.45, 2.75) is 20.4 Å². The number of aromatic hydroxyl groups is 1. The molecule has 0 aromatic heterocycles. The number of rotatable bonds is 4. The van der Waals surface area contributed by atoms with Crippen molar-refractivity contribution in [1.82, 2.24) is 5.32 Å². The van der Waals surface area contributed by atoms with E-state index >= 15 is 0 Å². The summed E-state index contributed by atoms with van der Waals surface area (Å²) in [6.07, 6.45) is 0. The molecule has 0 heterocycles. The molecular weight excluding hydrogens is 246 g/mol. The first-order valence-corrected chi connectivity index (χ1v) is 6.12. The number of amides is 1. The number of carbonyl (C=O) groups excluding carboxylic acids is 1. The maximum Gasteiger partial charge on any atom is 0.307 e. The third kappa shape index (κ3) is 2.54. The molecule has 0 unspecified atom stereocenters. The van der Waals surface area contributed by atoms with Crippen LogP contribution in [0.2, 0.25) is 0 Å². The van der Waals surface area contributed by atoms with Gasteiger partial charge in [-0.1, -0.05) is 26.0 Å². The Morgan fingerprint density at radius 3 is 2.26 bits per heavy atom. The van der Waals surface area contributed by atoms with Crippen molar-refractivity contribution in [2.75, 3.05) is 0 Å². The van der Waals surface area contributed by atoms with Gasteiger partial charge in [-0.05, 0) is 23.1 Å². The number of carboxylic acids is 1. The number of benzene rings is 1. The highest BCUT2D eigenvalue weighted by atomic mass is 16.4. The van der Waals surface area contributed by atoms with Gasteiger partial charge in [0, 0.05) is 6.54 Å². The number of nitrogens with one attached hydrogen (secondary N) is 1. The van der Waals surface area contributed by atoms with E-state index in [9.17, 15) is 9.59 Å². The summed E-state index contributed by atoms with van der Waals surface area (Å²) in [6.45, 7) is 3.91. The van der Waals surface area contributed by atoms with Gasteiger partial charge in [0.2, 0.25) is 5.91 Å². The second kappa shape index (κ2) is 4.57. The van der Waals surface area contributed by atoms with Crippen LogP contribution in [0.15, 0.2) is 24.3 Å². The van der Waals surface area contributed by atoms with E-state index in [0.29, 0.717) is 6.54 Å². The van der Waals surface area contributed by atoms with Crippen LogP contribution in [0.25, 0.3) is 0 Å². The van der Waals surface area contributed by atoms with E-state index in [2.05, 4.69) is 5.32 Å². The van der Waals surface area contributed by atoms with Crippen molar-refractivity contribution in [3.8, 4) is 5.75 Å². The summed E-state index contributed by atoms with van der Waals surface area (Å²) in [6, 6.07) is 6.51. The van der Waals surface area contributed by atoms with E-state index in [-0.39, 0.29) is 11.7 Å². The molecule has 3 N–H and O–H groups in total. The van der Waals surface area contributed by atoms with Crippen LogP contribution in [0, 0.1) is 17.3 Å². The minimum absolute atomic E-state index is 0.171. The fourth-order valence-corrected chi connectivity index (χ4v) is 2.50. The first kappa shape index (κ1) is 13.4. The lowest BCUT2D eigenvalue weighted by molar-refractivity contribution is -0.140. The third-order valence-corrected chi connectivity index (χ3v) is 3.78. The van der Waals surface area contributed by atoms with Gasteiger partial charge in [0.05, 0.1) is 11.8 Å². The maximum atomic E-state index is 12.0. The molecule has 1 saturated carbocycles. The zero-order chi connectivity index (χ0) is 14.2. The molecule has 1 aromatic rings. The van der Waals surface area contributed by atoms with Crippen LogP contribution in [-0.4, -0.2) is 22.1 Å². The van der Waals surface area contributed by atoms with Crippen LogP contribution in [0.3, 0.4) is 0 Å². The summed E-state index contributed by atoms with van der Waals surface area (Å²) >= 11 is 0. The molecule has 0 aliphatic heterocycles. The number of phenols is 1. The van der Waals surface area contributed by atoms with Gasteiger partial charge in [-0.15, -0.1) is 0 Å². The Kier molecular flexibility index (Phi) is 3.22. The molecular formula is C14H17NO4. The van der Waals surface area contributed by atoms with E-state index in [1.54, 1.807) is 38.1 Å². The molecule has 1 aromatic carbocycles. The number of hydrogen-bond acceptors (Lipinski definition) is 3. The molecule has 102 valence electrons. The number of carbonyl (C=O) groups is 2. The minimum atomic E-state index is -0.921. The molecule has 1 aliphatic carbocycles. The Labute approximate surface area is 111 Å². The predicted octanol–water partition coefficient (Wildman–Crippen LogP) is 1.37. The number of hydrogen-bond donors (Lipinski definition) is 3. The fourth-order valence-electron chi connectivity index (χ4n) is 2.50. The Bertz CT molecular complexity index is 507. The van der Waals surface area contributed by atoms with Crippen molar-refractivity contribution >= 4 is 11.9 Å². The zero-order valence-corrected chi connectivity index (χ0v) is 10.9. The highest BCUT2D eigenvalue weighted by Gasteiger charge is 2.65. The maximum absolute atomic E-state index is 12.0. The lowest BCUT2D eigenvalue weighted by atomic mass is 10.1. The minimum Gasteiger partial charge on any atom is -0.508 e. The summed E-state index contributed by atoms with van der Waals surface area (Å²) in [5.74, 6) is -2.06. The normalized spacial score (nSPS) is 23.7. The molecule has 1 fully saturated rings. The molecule has 0 spiro atoms. The quantitative estimate of drug-likeness (QED) is 0.765. The second-order valence-electron chi connectivity index (χ2n) is 5.50. The number of phenolic OH excluding ortho intramolecular Hbond substituents is 1. The summed E-state index contributed by atoms with van der Waals surface area (Å²) in [7, 11) is 0. The molecule has 2 rings (SSSR count). The van der Waals surface area contributed by atoms with Crippen molar-refractivity contribution in [2.24, 2.45) is 17.3 Å². The van der Waals surface area contributed by atoms with Crippen LogP contribution in [0.4, 0.5) is 0 Å². The van der Waals surface area contributed by atoms with Crippen molar-refractivity contribution in [3.05, 3.63) is 29.8 Å². The van der Waals surface area contributed by atoms with E-state index in [4.69, 9.17) is 10.2 Å². The van der Waals surface area contributed by atoms with Gasteiger partial charge in [0.15, 0.2) is 0 Å². The standard InChI is InChI=1S/C14H17NO4/c1-14(2)10(11(14)13(18)19)12(17)15-7-8-3-5-9(16)6-4-8/h3-6,10-11,16H,7H2,1-2H3,(H,15,17)(H,18,19)/t10-,11+/m1/s1. The van der Waals surface area contributed by atoms with Crippen LogP contribution >= 0.6 is 0 Å². The fraction of sp³-hybridized carbons (Fsp3) is 0.429. The van der Waals surface area contributed by atoms with Gasteiger partial charge < -0.3 is 15.5 Å². The highest BCUT2D eigenvalue weighted by molar-refractivity contribution is 5.91. The average molecular weight is 263 g/mol. The zero-order valence-electron chi connectivity index (χ0n) is 10.9. The van der Waals surface area contributed by atoms with E-state index in [0.717, 1.165) is 5.56 Å². The summed E-state index contributed by atoms with van der Waals surface area (Å²) in [4.78, 5) is 22.9. The van der Waals surface area contributed by atoms with Gasteiger partial charge in [0.1, 0.15) is 5.75 Å². The SMILES string of the molecule is CC1(C)[C@H](C(=O)O)[C@@H]1C(=O)NCc1ccc(O)cc1. The summed E-state index contributed by atoms with van der Waals surface area (Å²) in [5.41, 5.74) is 0.377. The Hall–Kier alpha value is -2.04. The molecule has 5 nitrogen and oxygen atoms in total. The van der Waals surface area contributed by atoms with Crippen LogP contribution in [0.5, 0.6) is 5.75 Å². The van der Waals surface area contributed by atoms with Gasteiger partial charge in [-0.3, -0.25) is 9.59 Å². The molecule has 19 heavy (non-hydrogen) atoms. The number of aliphatic carboxylic acids is 1. The first-order chi connectivity index (χ1) is 8.84. The number of carboxylic acid groups (broad SMARTS) is 1. The van der Waals surface area contributed by atoms with E-state index in [1.165, 1.54) is 0 Å². The predicted molar refractivity (Wildman–Crippen MR) is 68.4 cm³/mol. The Morgan fingerprint density at radius 2 is 1.79 bits per heavy atom. The Balaban J connectivity index is 1.93. The molecule has 5 heteroatoms. The lowest BCUT2D eigenvalue weighted by Gasteiger charge is -2.06. The molecule has 0 radical (unpaired) electrons. The third-order valence-electron chi connectivity index (χ3n) is 3.78. The van der Waals surface area contributed by atoms with Gasteiger partial charge >= 0.3 is 5.97 Å². The van der Waals surface area contributed by atoms with Crippen molar-refractivity contribution in [3.63, 3.8) is 0 Å².